The second-order valence-electron chi connectivity index (χ2n) is 7.59. The van der Waals surface area contributed by atoms with Gasteiger partial charge in [-0.1, -0.05) is 0 Å². The molecule has 1 heterocycles. The number of hydrogen-bond acceptors (Lipinski definition) is 6. The van der Waals surface area contributed by atoms with Crippen LogP contribution in [0.4, 0.5) is 17.1 Å². The Balaban J connectivity index is 1.57. The molecule has 0 radical (unpaired) electrons. The van der Waals surface area contributed by atoms with Gasteiger partial charge in [0, 0.05) is 42.2 Å². The molecule has 1 aromatic heterocycles. The quantitative estimate of drug-likeness (QED) is 0.326. The minimum absolute atomic E-state index is 0.0640. The first-order valence-electron chi connectivity index (χ1n) is 10.7. The average Bonchev–Trinajstić information content (AvgIpc) is 3.23. The summed E-state index contributed by atoms with van der Waals surface area (Å²) in [6, 6.07) is 17.2. The van der Waals surface area contributed by atoms with E-state index in [4.69, 9.17) is 0 Å². The molecule has 1 amide bonds. The molecule has 0 spiro atoms. The molecule has 1 N–H and O–H groups in total. The van der Waals surface area contributed by atoms with Crippen molar-refractivity contribution in [3.8, 4) is 5.69 Å². The lowest BCUT2D eigenvalue weighted by Gasteiger charge is -2.20. The van der Waals surface area contributed by atoms with Crippen molar-refractivity contribution in [2.24, 2.45) is 0 Å². The molecule has 0 aliphatic carbocycles. The van der Waals surface area contributed by atoms with Gasteiger partial charge in [0.15, 0.2) is 0 Å². The standard InChI is InChI=1S/C24H24N6O3/c1-4-28(5-2)18-10-12-19(13-11-18)29-26-22-14-16(3)21(15-23(22)27-29)25-24(31)17-6-8-20(9-7-17)30(32)33/h6-15H,4-5H2,1-3H3,(H,25,31). The number of amides is 1. The highest BCUT2D eigenvalue weighted by atomic mass is 16.6. The largest absolute Gasteiger partial charge is 0.372 e. The van der Waals surface area contributed by atoms with Gasteiger partial charge in [0.1, 0.15) is 11.0 Å². The first kappa shape index (κ1) is 21.9. The van der Waals surface area contributed by atoms with Crippen LogP contribution in [0.25, 0.3) is 16.7 Å². The number of fused-ring (bicyclic) bond motifs is 1. The van der Waals surface area contributed by atoms with Crippen molar-refractivity contribution in [3.05, 3.63) is 81.9 Å². The van der Waals surface area contributed by atoms with Crippen LogP contribution in [0.3, 0.4) is 0 Å². The van der Waals surface area contributed by atoms with Crippen molar-refractivity contribution in [1.82, 2.24) is 15.0 Å². The monoisotopic (exact) mass is 444 g/mol. The molecular weight excluding hydrogens is 420 g/mol. The Morgan fingerprint density at radius 3 is 2.18 bits per heavy atom. The first-order valence-corrected chi connectivity index (χ1v) is 10.7. The second-order valence-corrected chi connectivity index (χ2v) is 7.59. The summed E-state index contributed by atoms with van der Waals surface area (Å²) in [5.74, 6) is -0.355. The van der Waals surface area contributed by atoms with Gasteiger partial charge < -0.3 is 10.2 Å². The van der Waals surface area contributed by atoms with Gasteiger partial charge in [-0.25, -0.2) is 0 Å². The van der Waals surface area contributed by atoms with Gasteiger partial charge in [-0.3, -0.25) is 14.9 Å². The van der Waals surface area contributed by atoms with Crippen molar-refractivity contribution >= 4 is 34.0 Å². The molecule has 4 rings (SSSR count). The third-order valence-electron chi connectivity index (χ3n) is 5.52. The van der Waals surface area contributed by atoms with Crippen LogP contribution in [-0.2, 0) is 0 Å². The molecule has 0 aliphatic rings. The number of carbonyl (C=O) groups excluding carboxylic acids is 1. The van der Waals surface area contributed by atoms with Crippen LogP contribution in [-0.4, -0.2) is 38.9 Å². The molecule has 0 unspecified atom stereocenters. The van der Waals surface area contributed by atoms with Crippen LogP contribution >= 0.6 is 0 Å². The number of non-ortho nitro benzene ring substituents is 1. The minimum atomic E-state index is -0.500. The van der Waals surface area contributed by atoms with Gasteiger partial charge in [0.2, 0.25) is 0 Å². The van der Waals surface area contributed by atoms with Crippen molar-refractivity contribution in [2.75, 3.05) is 23.3 Å². The van der Waals surface area contributed by atoms with Gasteiger partial charge in [0.25, 0.3) is 11.6 Å². The molecule has 168 valence electrons. The minimum Gasteiger partial charge on any atom is -0.372 e. The zero-order valence-corrected chi connectivity index (χ0v) is 18.6. The van der Waals surface area contributed by atoms with Crippen LogP contribution in [0, 0.1) is 17.0 Å². The molecule has 0 fully saturated rings. The fraction of sp³-hybridized carbons (Fsp3) is 0.208. The number of hydrogen-bond donors (Lipinski definition) is 1. The molecule has 9 heteroatoms. The molecule has 0 aliphatic heterocycles. The molecular formula is C24H24N6O3. The topological polar surface area (TPSA) is 106 Å². The Morgan fingerprint density at radius 1 is 1.00 bits per heavy atom. The van der Waals surface area contributed by atoms with Crippen molar-refractivity contribution in [2.45, 2.75) is 20.8 Å². The summed E-state index contributed by atoms with van der Waals surface area (Å²) >= 11 is 0. The maximum Gasteiger partial charge on any atom is 0.269 e. The second kappa shape index (κ2) is 9.07. The highest BCUT2D eigenvalue weighted by Crippen LogP contribution is 2.24. The number of aryl methyl sites for hydroxylation is 1. The molecule has 33 heavy (non-hydrogen) atoms. The van der Waals surface area contributed by atoms with E-state index >= 15 is 0 Å². The fourth-order valence-electron chi connectivity index (χ4n) is 3.63. The van der Waals surface area contributed by atoms with E-state index in [0.717, 1.165) is 30.0 Å². The maximum absolute atomic E-state index is 12.6. The fourth-order valence-corrected chi connectivity index (χ4v) is 3.63. The molecule has 3 aromatic carbocycles. The number of anilines is 2. The normalized spacial score (nSPS) is 10.9. The summed E-state index contributed by atoms with van der Waals surface area (Å²) in [5.41, 5.74) is 5.06. The highest BCUT2D eigenvalue weighted by Gasteiger charge is 2.13. The van der Waals surface area contributed by atoms with Crippen LogP contribution in [0.15, 0.2) is 60.7 Å². The number of nitro benzene ring substituents is 1. The van der Waals surface area contributed by atoms with Crippen LogP contribution in [0.2, 0.25) is 0 Å². The zero-order valence-electron chi connectivity index (χ0n) is 18.6. The van der Waals surface area contributed by atoms with Gasteiger partial charge >= 0.3 is 0 Å². The Bertz CT molecular complexity index is 1310. The zero-order chi connectivity index (χ0) is 23.5. The average molecular weight is 444 g/mol. The molecule has 4 aromatic rings. The Morgan fingerprint density at radius 2 is 1.61 bits per heavy atom. The van der Waals surface area contributed by atoms with E-state index in [2.05, 4.69) is 46.4 Å². The van der Waals surface area contributed by atoms with Gasteiger partial charge in [-0.05, 0) is 74.9 Å². The van der Waals surface area contributed by atoms with Crippen molar-refractivity contribution < 1.29 is 9.72 Å². The maximum atomic E-state index is 12.6. The number of rotatable bonds is 7. The lowest BCUT2D eigenvalue weighted by atomic mass is 10.1. The van der Waals surface area contributed by atoms with E-state index in [1.807, 2.05) is 25.1 Å². The summed E-state index contributed by atoms with van der Waals surface area (Å²) in [6.07, 6.45) is 0. The lowest BCUT2D eigenvalue weighted by Crippen LogP contribution is -2.21. The first-order chi connectivity index (χ1) is 15.9. The SMILES string of the molecule is CCN(CC)c1ccc(-n2nc3cc(C)c(NC(=O)c4ccc([N+](=O)[O-])cc4)cc3n2)cc1. The molecule has 0 saturated heterocycles. The molecule has 0 atom stereocenters. The number of nitrogens with one attached hydrogen (secondary N) is 1. The van der Waals surface area contributed by atoms with Gasteiger partial charge in [-0.15, -0.1) is 10.2 Å². The predicted molar refractivity (Wildman–Crippen MR) is 128 cm³/mol. The van der Waals surface area contributed by atoms with Gasteiger partial charge in [-0.2, -0.15) is 4.80 Å². The highest BCUT2D eigenvalue weighted by molar-refractivity contribution is 6.05. The predicted octanol–water partition coefficient (Wildman–Crippen LogP) is 4.74. The van der Waals surface area contributed by atoms with E-state index in [0.29, 0.717) is 22.3 Å². The summed E-state index contributed by atoms with van der Waals surface area (Å²) < 4.78 is 0. The molecule has 0 bridgehead atoms. The smallest absolute Gasteiger partial charge is 0.269 e. The van der Waals surface area contributed by atoms with E-state index < -0.39 is 4.92 Å². The van der Waals surface area contributed by atoms with Crippen LogP contribution in [0.5, 0.6) is 0 Å². The third kappa shape index (κ3) is 4.52. The number of aromatic nitrogens is 3. The number of carbonyl (C=O) groups is 1. The van der Waals surface area contributed by atoms with Crippen LogP contribution in [0.1, 0.15) is 29.8 Å². The van der Waals surface area contributed by atoms with Crippen molar-refractivity contribution in [3.63, 3.8) is 0 Å². The number of nitrogens with zero attached hydrogens (tertiary/aromatic N) is 5. The van der Waals surface area contributed by atoms with E-state index in [1.54, 1.807) is 10.9 Å². The van der Waals surface area contributed by atoms with E-state index in [1.165, 1.54) is 24.3 Å². The summed E-state index contributed by atoms with van der Waals surface area (Å²) in [5, 5.41) is 22.8. The summed E-state index contributed by atoms with van der Waals surface area (Å²) in [7, 11) is 0. The lowest BCUT2D eigenvalue weighted by molar-refractivity contribution is -0.384. The molecule has 9 nitrogen and oxygen atoms in total. The van der Waals surface area contributed by atoms with E-state index in [9.17, 15) is 14.9 Å². The number of benzene rings is 3. The Labute approximate surface area is 190 Å². The van der Waals surface area contributed by atoms with Crippen LogP contribution < -0.4 is 10.2 Å². The summed E-state index contributed by atoms with van der Waals surface area (Å²) in [4.78, 5) is 26.8. The molecule has 0 saturated carbocycles. The number of nitro groups is 1. The Kier molecular flexibility index (Phi) is 6.03. The Hall–Kier alpha value is -4.27. The summed E-state index contributed by atoms with van der Waals surface area (Å²) in [6.45, 7) is 8.00. The third-order valence-corrected chi connectivity index (χ3v) is 5.52. The van der Waals surface area contributed by atoms with Gasteiger partial charge in [0.05, 0.1) is 10.6 Å². The van der Waals surface area contributed by atoms with E-state index in [-0.39, 0.29) is 11.6 Å². The van der Waals surface area contributed by atoms with Crippen molar-refractivity contribution in [1.29, 1.82) is 0 Å².